The lowest BCUT2D eigenvalue weighted by Crippen LogP contribution is -2.54. The van der Waals surface area contributed by atoms with Gasteiger partial charge in [0, 0.05) is 5.69 Å². The monoisotopic (exact) mass is 414 g/mol. The van der Waals surface area contributed by atoms with Gasteiger partial charge in [-0.3, -0.25) is 5.21 Å². The second-order valence-corrected chi connectivity index (χ2v) is 9.27. The molecule has 1 saturated heterocycles. The minimum Gasteiger partial charge on any atom is -0.306 e. The van der Waals surface area contributed by atoms with E-state index in [9.17, 15) is 10.0 Å². The summed E-state index contributed by atoms with van der Waals surface area (Å²) in [4.78, 5) is 12.6. The lowest BCUT2D eigenvalue weighted by molar-refractivity contribution is -0.114. The summed E-state index contributed by atoms with van der Waals surface area (Å²) in [6.45, 7) is 5.84. The highest BCUT2D eigenvalue weighted by Gasteiger charge is 2.50. The van der Waals surface area contributed by atoms with Crippen LogP contribution in [0.2, 0.25) is 0 Å². The van der Waals surface area contributed by atoms with E-state index in [0.29, 0.717) is 15.1 Å². The lowest BCUT2D eigenvalue weighted by Gasteiger charge is -2.34. The Morgan fingerprint density at radius 1 is 1.25 bits per heavy atom. The molecule has 1 fully saturated rings. The van der Waals surface area contributed by atoms with Gasteiger partial charge >= 0.3 is 6.03 Å². The summed E-state index contributed by atoms with van der Waals surface area (Å²) in [6, 6.07) is 16.2. The number of anilines is 1. The maximum atomic E-state index is 12.6. The Bertz CT molecular complexity index is 885. The van der Waals surface area contributed by atoms with E-state index in [4.69, 9.17) is 12.2 Å². The summed E-state index contributed by atoms with van der Waals surface area (Å²) in [7, 11) is 0. The second kappa shape index (κ2) is 8.30. The van der Waals surface area contributed by atoms with Crippen molar-refractivity contribution in [3.05, 3.63) is 65.7 Å². The molecule has 2 amide bonds. The first kappa shape index (κ1) is 20.3. The number of nitrogens with zero attached hydrogens (tertiary/aromatic N) is 3. The van der Waals surface area contributed by atoms with Crippen LogP contribution < -0.4 is 5.32 Å². The summed E-state index contributed by atoms with van der Waals surface area (Å²) in [5.74, 6) is 0. The molecular formula is C20H22N4O2S2. The number of nitrogens with one attached hydrogen (secondary N) is 1. The largest absolute Gasteiger partial charge is 0.347 e. The van der Waals surface area contributed by atoms with Crippen molar-refractivity contribution in [2.24, 2.45) is 5.10 Å². The van der Waals surface area contributed by atoms with Crippen molar-refractivity contribution in [1.82, 2.24) is 10.1 Å². The number of aryl methyl sites for hydroxylation is 1. The molecule has 1 aliphatic rings. The zero-order chi connectivity index (χ0) is 20.3. The molecule has 2 aromatic rings. The van der Waals surface area contributed by atoms with E-state index in [-0.39, 0.29) is 0 Å². The van der Waals surface area contributed by atoms with Gasteiger partial charge in [0.25, 0.3) is 0 Å². The van der Waals surface area contributed by atoms with Crippen LogP contribution >= 0.6 is 24.0 Å². The topological polar surface area (TPSA) is 68.2 Å². The number of benzene rings is 2. The first-order chi connectivity index (χ1) is 13.3. The highest BCUT2D eigenvalue weighted by atomic mass is 32.2. The third-order valence-corrected chi connectivity index (χ3v) is 5.80. The third-order valence-electron chi connectivity index (χ3n) is 4.26. The van der Waals surface area contributed by atoms with Gasteiger partial charge in [-0.1, -0.05) is 72.0 Å². The van der Waals surface area contributed by atoms with Gasteiger partial charge in [0.2, 0.25) is 0 Å². The molecule has 0 radical (unpaired) electrons. The molecule has 8 heteroatoms. The predicted octanol–water partition coefficient (Wildman–Crippen LogP) is 4.69. The zero-order valence-electron chi connectivity index (χ0n) is 15.9. The number of hydrogen-bond acceptors (Lipinski definition) is 5. The summed E-state index contributed by atoms with van der Waals surface area (Å²) >= 11 is 6.83. The molecule has 3 rings (SSSR count). The van der Waals surface area contributed by atoms with Crippen LogP contribution in [-0.2, 0) is 0 Å². The van der Waals surface area contributed by atoms with Gasteiger partial charge < -0.3 is 5.32 Å². The SMILES string of the molecule is Cc1ccc(C=NN2C(=S)SC(C)(C)C2N(O)C(=O)Nc2ccccc2)cc1. The molecule has 146 valence electrons. The van der Waals surface area contributed by atoms with Gasteiger partial charge in [0.05, 0.1) is 11.0 Å². The van der Waals surface area contributed by atoms with Crippen molar-refractivity contribution in [2.75, 3.05) is 5.32 Å². The van der Waals surface area contributed by atoms with Gasteiger partial charge in [-0.15, -0.1) is 0 Å². The molecule has 0 aliphatic carbocycles. The summed E-state index contributed by atoms with van der Waals surface area (Å²) in [6.07, 6.45) is 0.916. The van der Waals surface area contributed by atoms with E-state index in [1.165, 1.54) is 16.8 Å². The van der Waals surface area contributed by atoms with Crippen molar-refractivity contribution >= 4 is 46.2 Å². The van der Waals surface area contributed by atoms with Crippen LogP contribution in [0.25, 0.3) is 0 Å². The number of hydrogen-bond donors (Lipinski definition) is 2. The molecule has 2 aromatic carbocycles. The number of para-hydroxylation sites is 1. The fourth-order valence-electron chi connectivity index (χ4n) is 2.82. The van der Waals surface area contributed by atoms with E-state index in [1.807, 2.05) is 51.1 Å². The number of rotatable bonds is 4. The number of hydrazone groups is 1. The molecule has 2 N–H and O–H groups in total. The number of hydroxylamine groups is 2. The van der Waals surface area contributed by atoms with E-state index >= 15 is 0 Å². The molecule has 0 bridgehead atoms. The molecule has 0 spiro atoms. The highest BCUT2D eigenvalue weighted by Crippen LogP contribution is 2.42. The van der Waals surface area contributed by atoms with E-state index in [2.05, 4.69) is 10.4 Å². The van der Waals surface area contributed by atoms with Crippen LogP contribution in [0.3, 0.4) is 0 Å². The highest BCUT2D eigenvalue weighted by molar-refractivity contribution is 8.24. The van der Waals surface area contributed by atoms with Crippen molar-refractivity contribution in [2.45, 2.75) is 31.7 Å². The molecule has 1 unspecified atom stereocenters. The number of urea groups is 1. The predicted molar refractivity (Wildman–Crippen MR) is 118 cm³/mol. The maximum absolute atomic E-state index is 12.6. The fraction of sp³-hybridized carbons (Fsp3) is 0.250. The van der Waals surface area contributed by atoms with E-state index in [1.54, 1.807) is 30.5 Å². The standard InChI is InChI=1S/C20H22N4O2S2/c1-14-9-11-15(12-10-14)13-21-23-17(20(2,3)28-19(23)27)24(26)18(25)22-16-7-5-4-6-8-16/h4-13,17,26H,1-3H3,(H,22,25). The third kappa shape index (κ3) is 4.52. The zero-order valence-corrected chi connectivity index (χ0v) is 17.5. The molecule has 6 nitrogen and oxygen atoms in total. The minimum absolute atomic E-state index is 0.491. The minimum atomic E-state index is -0.754. The van der Waals surface area contributed by atoms with Crippen molar-refractivity contribution in [1.29, 1.82) is 0 Å². The van der Waals surface area contributed by atoms with Crippen molar-refractivity contribution in [3.63, 3.8) is 0 Å². The average Bonchev–Trinajstić information content (AvgIpc) is 2.89. The fourth-order valence-corrected chi connectivity index (χ4v) is 4.61. The molecule has 0 aromatic heterocycles. The van der Waals surface area contributed by atoms with Crippen LogP contribution in [0.15, 0.2) is 59.7 Å². The molecule has 28 heavy (non-hydrogen) atoms. The summed E-state index contributed by atoms with van der Waals surface area (Å²) in [5, 5.41) is 20.0. The lowest BCUT2D eigenvalue weighted by atomic mass is 10.1. The normalized spacial score (nSPS) is 18.5. The van der Waals surface area contributed by atoms with Gasteiger partial charge in [-0.2, -0.15) is 10.2 Å². The maximum Gasteiger partial charge on any atom is 0.347 e. The van der Waals surface area contributed by atoms with Crippen molar-refractivity contribution < 1.29 is 10.0 Å². The smallest absolute Gasteiger partial charge is 0.306 e. The van der Waals surface area contributed by atoms with Gasteiger partial charge in [0.1, 0.15) is 0 Å². The van der Waals surface area contributed by atoms with Crippen LogP contribution in [0, 0.1) is 6.92 Å². The van der Waals surface area contributed by atoms with E-state index < -0.39 is 16.9 Å². The Kier molecular flexibility index (Phi) is 6.02. The Morgan fingerprint density at radius 2 is 1.89 bits per heavy atom. The number of thiocarbonyl (C=S) groups is 1. The number of carbonyl (C=O) groups excluding carboxylic acids is 1. The summed E-state index contributed by atoms with van der Waals surface area (Å²) < 4.78 is -0.0604. The first-order valence-corrected chi connectivity index (χ1v) is 9.97. The Labute approximate surface area is 174 Å². The molecule has 0 saturated carbocycles. The van der Waals surface area contributed by atoms with Crippen LogP contribution in [-0.4, -0.2) is 42.8 Å². The van der Waals surface area contributed by atoms with E-state index in [0.717, 1.165) is 11.1 Å². The molecule has 1 atom stereocenters. The number of carbonyl (C=O) groups is 1. The Morgan fingerprint density at radius 3 is 2.54 bits per heavy atom. The first-order valence-electron chi connectivity index (χ1n) is 8.75. The quantitative estimate of drug-likeness (QED) is 0.329. The van der Waals surface area contributed by atoms with Gasteiger partial charge in [-0.05, 0) is 38.5 Å². The molecule has 1 aliphatic heterocycles. The molecular weight excluding hydrogens is 392 g/mol. The second-order valence-electron chi connectivity index (χ2n) is 6.99. The Balaban J connectivity index is 1.81. The number of thioether (sulfide) groups is 1. The van der Waals surface area contributed by atoms with Crippen LogP contribution in [0.5, 0.6) is 0 Å². The molecule has 1 heterocycles. The average molecular weight is 415 g/mol. The summed E-state index contributed by atoms with van der Waals surface area (Å²) in [5.41, 5.74) is 2.65. The van der Waals surface area contributed by atoms with Gasteiger partial charge in [0.15, 0.2) is 10.5 Å². The Hall–Kier alpha value is -2.42. The van der Waals surface area contributed by atoms with Gasteiger partial charge in [-0.25, -0.2) is 9.80 Å². The van der Waals surface area contributed by atoms with Crippen LogP contribution in [0.1, 0.15) is 25.0 Å². The van der Waals surface area contributed by atoms with Crippen molar-refractivity contribution in [3.8, 4) is 0 Å². The van der Waals surface area contributed by atoms with Crippen LogP contribution in [0.4, 0.5) is 10.5 Å². The number of amides is 2.